The number of carbonyl (C=O) groups is 1. The molecule has 2 N–H and O–H groups in total. The third kappa shape index (κ3) is 5.98. The van der Waals surface area contributed by atoms with Gasteiger partial charge in [0.2, 0.25) is 5.91 Å². The number of carbonyl (C=O) groups excluding carboxylic acids is 1. The van der Waals surface area contributed by atoms with Crippen molar-refractivity contribution >= 4 is 5.91 Å². The lowest BCUT2D eigenvalue weighted by atomic mass is 9.83. The minimum Gasteiger partial charge on any atom is -0.396 e. The van der Waals surface area contributed by atoms with Crippen molar-refractivity contribution in [3.63, 3.8) is 0 Å². The lowest BCUT2D eigenvalue weighted by molar-refractivity contribution is -0.125. The molecular weight excluding hydrogens is 286 g/mol. The number of aliphatic hydroxyl groups excluding tert-OH is 1. The number of rotatable bonds is 8. The first-order chi connectivity index (χ1) is 11.2. The molecule has 0 aliphatic heterocycles. The van der Waals surface area contributed by atoms with Gasteiger partial charge in [0, 0.05) is 25.0 Å². The largest absolute Gasteiger partial charge is 0.396 e. The van der Waals surface area contributed by atoms with Crippen LogP contribution in [0.25, 0.3) is 0 Å². The van der Waals surface area contributed by atoms with Crippen LogP contribution in [-0.2, 0) is 4.79 Å². The molecule has 1 aromatic carbocycles. The number of nitrogens with one attached hydrogen (secondary N) is 1. The Morgan fingerprint density at radius 3 is 2.57 bits per heavy atom. The Kier molecular flexibility index (Phi) is 7.60. The normalized spacial score (nSPS) is 18.3. The molecule has 0 bridgehead atoms. The van der Waals surface area contributed by atoms with Crippen molar-refractivity contribution in [2.75, 3.05) is 13.2 Å². The first kappa shape index (κ1) is 18.0. The number of benzene rings is 1. The van der Waals surface area contributed by atoms with E-state index in [1.807, 2.05) is 25.1 Å². The number of hydrogen-bond donors (Lipinski definition) is 2. The lowest BCUT2D eigenvalue weighted by Gasteiger charge is -2.25. The van der Waals surface area contributed by atoms with Gasteiger partial charge in [-0.2, -0.15) is 0 Å². The van der Waals surface area contributed by atoms with Crippen LogP contribution < -0.4 is 5.32 Å². The third-order valence-corrected chi connectivity index (χ3v) is 5.13. The van der Waals surface area contributed by atoms with E-state index >= 15 is 0 Å². The van der Waals surface area contributed by atoms with Crippen LogP contribution in [0.2, 0.25) is 0 Å². The summed E-state index contributed by atoms with van der Waals surface area (Å²) in [6.45, 7) is 2.80. The van der Waals surface area contributed by atoms with E-state index in [-0.39, 0.29) is 24.3 Å². The maximum absolute atomic E-state index is 12.4. The quantitative estimate of drug-likeness (QED) is 0.764. The Morgan fingerprint density at radius 1 is 1.22 bits per heavy atom. The molecule has 0 heterocycles. The highest BCUT2D eigenvalue weighted by molar-refractivity contribution is 5.78. The van der Waals surface area contributed by atoms with Gasteiger partial charge in [-0.25, -0.2) is 0 Å². The Hall–Kier alpha value is -1.35. The second-order valence-electron chi connectivity index (χ2n) is 7.01. The molecule has 1 saturated carbocycles. The summed E-state index contributed by atoms with van der Waals surface area (Å²) >= 11 is 0. The minimum atomic E-state index is 0.0867. The molecule has 128 valence electrons. The maximum atomic E-state index is 12.4. The second-order valence-corrected chi connectivity index (χ2v) is 7.01. The Morgan fingerprint density at radius 2 is 1.91 bits per heavy atom. The highest BCUT2D eigenvalue weighted by atomic mass is 16.3. The van der Waals surface area contributed by atoms with Gasteiger partial charge in [-0.3, -0.25) is 4.79 Å². The highest BCUT2D eigenvalue weighted by Crippen LogP contribution is 2.29. The molecule has 2 rings (SSSR count). The van der Waals surface area contributed by atoms with Gasteiger partial charge in [0.15, 0.2) is 0 Å². The molecule has 1 fully saturated rings. The molecule has 0 spiro atoms. The molecule has 1 aliphatic rings. The molecule has 0 aromatic heterocycles. The van der Waals surface area contributed by atoms with Crippen LogP contribution in [0, 0.1) is 11.8 Å². The van der Waals surface area contributed by atoms with E-state index in [9.17, 15) is 9.90 Å². The molecular formula is C20H31NO2. The minimum absolute atomic E-state index is 0.0867. The zero-order valence-electron chi connectivity index (χ0n) is 14.3. The Bertz CT molecular complexity index is 454. The zero-order chi connectivity index (χ0) is 16.5. The van der Waals surface area contributed by atoms with Gasteiger partial charge in [-0.05, 0) is 24.3 Å². The predicted octanol–water partition coefficient (Wildman–Crippen LogP) is 3.88. The maximum Gasteiger partial charge on any atom is 0.222 e. The van der Waals surface area contributed by atoms with E-state index in [0.29, 0.717) is 13.0 Å². The fourth-order valence-corrected chi connectivity index (χ4v) is 3.70. The number of hydrogen-bond acceptors (Lipinski definition) is 2. The molecule has 23 heavy (non-hydrogen) atoms. The van der Waals surface area contributed by atoms with Crippen LogP contribution in [0.1, 0.15) is 63.4 Å². The highest BCUT2D eigenvalue weighted by Gasteiger charge is 2.21. The number of aliphatic hydroxyl groups is 1. The molecule has 1 aliphatic carbocycles. The van der Waals surface area contributed by atoms with E-state index in [2.05, 4.69) is 17.4 Å². The summed E-state index contributed by atoms with van der Waals surface area (Å²) in [4.78, 5) is 12.4. The van der Waals surface area contributed by atoms with E-state index < -0.39 is 0 Å². The van der Waals surface area contributed by atoms with Crippen molar-refractivity contribution in [3.8, 4) is 0 Å². The number of amides is 1. The van der Waals surface area contributed by atoms with Gasteiger partial charge in [0.05, 0.1) is 0 Å². The van der Waals surface area contributed by atoms with Crippen LogP contribution in [-0.4, -0.2) is 24.2 Å². The van der Waals surface area contributed by atoms with Crippen LogP contribution in [0.3, 0.4) is 0 Å². The van der Waals surface area contributed by atoms with E-state index in [1.165, 1.54) is 37.7 Å². The summed E-state index contributed by atoms with van der Waals surface area (Å²) in [6, 6.07) is 10.1. The Labute approximate surface area is 140 Å². The molecule has 0 radical (unpaired) electrons. The monoisotopic (exact) mass is 317 g/mol. The second kappa shape index (κ2) is 9.71. The Balaban J connectivity index is 1.80. The summed E-state index contributed by atoms with van der Waals surface area (Å²) < 4.78 is 0. The van der Waals surface area contributed by atoms with Crippen LogP contribution in [0.5, 0.6) is 0 Å². The van der Waals surface area contributed by atoms with Crippen molar-refractivity contribution in [3.05, 3.63) is 35.9 Å². The van der Waals surface area contributed by atoms with Crippen molar-refractivity contribution in [2.45, 2.75) is 57.8 Å². The molecule has 2 atom stereocenters. The zero-order valence-corrected chi connectivity index (χ0v) is 14.3. The van der Waals surface area contributed by atoms with Crippen molar-refractivity contribution < 1.29 is 9.90 Å². The van der Waals surface area contributed by atoms with E-state index in [1.54, 1.807) is 0 Å². The fourth-order valence-electron chi connectivity index (χ4n) is 3.70. The van der Waals surface area contributed by atoms with Gasteiger partial charge in [0.1, 0.15) is 0 Å². The summed E-state index contributed by atoms with van der Waals surface area (Å²) in [6.07, 6.45) is 8.28. The first-order valence-corrected chi connectivity index (χ1v) is 9.14. The molecule has 0 saturated heterocycles. The summed E-state index contributed by atoms with van der Waals surface area (Å²) in [7, 11) is 0. The smallest absolute Gasteiger partial charge is 0.222 e. The van der Waals surface area contributed by atoms with Gasteiger partial charge in [-0.1, -0.05) is 69.4 Å². The average Bonchev–Trinajstić information content (AvgIpc) is 2.60. The van der Waals surface area contributed by atoms with Crippen molar-refractivity contribution in [2.24, 2.45) is 11.8 Å². The van der Waals surface area contributed by atoms with Gasteiger partial charge in [0.25, 0.3) is 0 Å². The summed E-state index contributed by atoms with van der Waals surface area (Å²) in [5.41, 5.74) is 1.18. The SMILES string of the molecule is CC(CC1CCCCC1)C(=O)NCC(CCO)c1ccccc1. The molecule has 3 heteroatoms. The van der Waals surface area contributed by atoms with Crippen LogP contribution in [0.15, 0.2) is 30.3 Å². The van der Waals surface area contributed by atoms with Gasteiger partial charge >= 0.3 is 0 Å². The van der Waals surface area contributed by atoms with E-state index in [0.717, 1.165) is 12.3 Å². The van der Waals surface area contributed by atoms with Crippen molar-refractivity contribution in [1.29, 1.82) is 0 Å². The van der Waals surface area contributed by atoms with E-state index in [4.69, 9.17) is 0 Å². The average molecular weight is 317 g/mol. The van der Waals surface area contributed by atoms with Crippen LogP contribution in [0.4, 0.5) is 0 Å². The van der Waals surface area contributed by atoms with Gasteiger partial charge < -0.3 is 10.4 Å². The predicted molar refractivity (Wildman–Crippen MR) is 94.3 cm³/mol. The fraction of sp³-hybridized carbons (Fsp3) is 0.650. The van der Waals surface area contributed by atoms with Crippen molar-refractivity contribution in [1.82, 2.24) is 5.32 Å². The third-order valence-electron chi connectivity index (χ3n) is 5.13. The molecule has 2 unspecified atom stereocenters. The lowest BCUT2D eigenvalue weighted by Crippen LogP contribution is -2.34. The van der Waals surface area contributed by atoms with Gasteiger partial charge in [-0.15, -0.1) is 0 Å². The first-order valence-electron chi connectivity index (χ1n) is 9.14. The van der Waals surface area contributed by atoms with Crippen LogP contribution >= 0.6 is 0 Å². The summed E-state index contributed by atoms with van der Waals surface area (Å²) in [5, 5.41) is 12.4. The molecule has 3 nitrogen and oxygen atoms in total. The summed E-state index contributed by atoms with van der Waals surface area (Å²) in [5.74, 6) is 1.16. The topological polar surface area (TPSA) is 49.3 Å². The molecule has 1 aromatic rings. The standard InChI is InChI=1S/C20H31NO2/c1-16(14-17-8-4-2-5-9-17)20(23)21-15-19(12-13-22)18-10-6-3-7-11-18/h3,6-7,10-11,16-17,19,22H,2,4-5,8-9,12-15H2,1H3,(H,21,23). The molecule has 1 amide bonds.